The smallest absolute Gasteiger partial charge is 0.407 e. The number of aliphatic hydroxyl groups excluding tert-OH is 1. The molecule has 148 valence electrons. The Kier molecular flexibility index (Phi) is 7.72. The Balaban J connectivity index is 1.41. The van der Waals surface area contributed by atoms with Gasteiger partial charge in [-0.2, -0.15) is 0 Å². The molecule has 0 saturated carbocycles. The van der Waals surface area contributed by atoms with Gasteiger partial charge < -0.3 is 19.9 Å². The van der Waals surface area contributed by atoms with Crippen LogP contribution in [0, 0.1) is 11.8 Å². The highest BCUT2D eigenvalue weighted by Crippen LogP contribution is 2.44. The van der Waals surface area contributed by atoms with Crippen LogP contribution >= 0.6 is 0 Å². The topological polar surface area (TPSA) is 67.8 Å². The van der Waals surface area contributed by atoms with Crippen molar-refractivity contribution in [2.75, 3.05) is 13.2 Å². The largest absolute Gasteiger partial charge is 0.445 e. The Hall–Kier alpha value is -1.85. The summed E-state index contributed by atoms with van der Waals surface area (Å²) in [5.74, 6) is 0.822. The number of fused-ring (bicyclic) bond motifs is 2. The van der Waals surface area contributed by atoms with E-state index in [1.54, 1.807) is 0 Å². The number of aliphatic hydroxyl groups is 1. The Morgan fingerprint density at radius 2 is 1.93 bits per heavy atom. The van der Waals surface area contributed by atoms with E-state index in [1.165, 1.54) is 0 Å². The van der Waals surface area contributed by atoms with E-state index < -0.39 is 0 Å². The summed E-state index contributed by atoms with van der Waals surface area (Å²) >= 11 is 0. The van der Waals surface area contributed by atoms with Crippen molar-refractivity contribution in [2.45, 2.75) is 57.3 Å². The molecule has 2 bridgehead atoms. The van der Waals surface area contributed by atoms with Crippen LogP contribution in [0.2, 0.25) is 0 Å². The van der Waals surface area contributed by atoms with Gasteiger partial charge in [-0.15, -0.1) is 0 Å². The van der Waals surface area contributed by atoms with E-state index in [4.69, 9.17) is 14.6 Å². The van der Waals surface area contributed by atoms with Crippen LogP contribution in [0.25, 0.3) is 0 Å². The first-order chi connectivity index (χ1) is 13.3. The third kappa shape index (κ3) is 5.81. The Morgan fingerprint density at radius 1 is 1.15 bits per heavy atom. The fourth-order valence-corrected chi connectivity index (χ4v) is 4.20. The fourth-order valence-electron chi connectivity index (χ4n) is 4.20. The van der Waals surface area contributed by atoms with Gasteiger partial charge in [0.25, 0.3) is 0 Å². The summed E-state index contributed by atoms with van der Waals surface area (Å²) in [6.07, 6.45) is 10.8. The highest BCUT2D eigenvalue weighted by molar-refractivity contribution is 5.67. The number of ether oxygens (including phenoxy) is 2. The zero-order chi connectivity index (χ0) is 18.9. The lowest BCUT2D eigenvalue weighted by Crippen LogP contribution is -2.38. The molecule has 1 amide bonds. The molecule has 4 atom stereocenters. The summed E-state index contributed by atoms with van der Waals surface area (Å²) in [6.45, 7) is 1.17. The molecule has 2 N–H and O–H groups in total. The van der Waals surface area contributed by atoms with Gasteiger partial charge in [-0.25, -0.2) is 4.79 Å². The minimum atomic E-state index is -0.361. The average molecular weight is 373 g/mol. The van der Waals surface area contributed by atoms with Crippen LogP contribution in [0.15, 0.2) is 42.5 Å². The molecule has 1 aromatic rings. The lowest BCUT2D eigenvalue weighted by molar-refractivity contribution is 0.0866. The van der Waals surface area contributed by atoms with Gasteiger partial charge in [-0.05, 0) is 50.0 Å². The number of hydrogen-bond acceptors (Lipinski definition) is 4. The third-order valence-electron chi connectivity index (χ3n) is 5.64. The molecule has 5 nitrogen and oxygen atoms in total. The predicted molar refractivity (Wildman–Crippen MR) is 104 cm³/mol. The van der Waals surface area contributed by atoms with Gasteiger partial charge >= 0.3 is 6.09 Å². The monoisotopic (exact) mass is 373 g/mol. The van der Waals surface area contributed by atoms with Crippen LogP contribution < -0.4 is 5.32 Å². The molecule has 2 heterocycles. The number of unbranched alkanes of at least 4 members (excludes halogenated alkanes) is 2. The van der Waals surface area contributed by atoms with Crippen LogP contribution in [-0.4, -0.2) is 36.6 Å². The molecule has 1 aromatic carbocycles. The minimum Gasteiger partial charge on any atom is -0.445 e. The number of carbonyl (C=O) groups is 1. The van der Waals surface area contributed by atoms with Gasteiger partial charge in [-0.1, -0.05) is 42.5 Å². The molecule has 0 radical (unpaired) electrons. The quantitative estimate of drug-likeness (QED) is 0.483. The molecule has 2 aliphatic rings. The second-order valence-corrected chi connectivity index (χ2v) is 7.49. The molecule has 3 rings (SSSR count). The standard InChI is InChI=1S/C22H31NO4/c24-14-8-3-1-2-7-11-18-19(21-13-12-20(18)27-21)15-23-22(25)26-16-17-9-5-4-6-10-17/h2,4-7,9-10,18-21,24H,1,3,8,11-16H2,(H,23,25)/b7-2-/t18-,19+,20-,21+/m1/s1. The Bertz CT molecular complexity index is 604. The van der Waals surface area contributed by atoms with E-state index >= 15 is 0 Å². The number of hydrogen-bond donors (Lipinski definition) is 2. The molecule has 0 aromatic heterocycles. The molecule has 0 spiro atoms. The van der Waals surface area contributed by atoms with Gasteiger partial charge in [0.2, 0.25) is 0 Å². The number of nitrogens with one attached hydrogen (secondary N) is 1. The second-order valence-electron chi connectivity index (χ2n) is 7.49. The number of carbonyl (C=O) groups excluding carboxylic acids is 1. The molecule has 0 unspecified atom stereocenters. The van der Waals surface area contributed by atoms with Gasteiger partial charge in [0.05, 0.1) is 12.2 Å². The van der Waals surface area contributed by atoms with Crippen molar-refractivity contribution in [1.29, 1.82) is 0 Å². The molecule has 5 heteroatoms. The van der Waals surface area contributed by atoms with Gasteiger partial charge in [0.15, 0.2) is 0 Å². The van der Waals surface area contributed by atoms with Crippen molar-refractivity contribution < 1.29 is 19.4 Å². The predicted octanol–water partition coefficient (Wildman–Crippen LogP) is 3.82. The Morgan fingerprint density at radius 3 is 2.70 bits per heavy atom. The first-order valence-electron chi connectivity index (χ1n) is 10.1. The number of amides is 1. The SMILES string of the molecule is O=C(NC[C@H]1[C@@H](C/C=C\CCCCO)[C@H]2CC[C@@H]1O2)OCc1ccccc1. The van der Waals surface area contributed by atoms with Crippen molar-refractivity contribution in [3.8, 4) is 0 Å². The Labute approximate surface area is 161 Å². The van der Waals surface area contributed by atoms with Crippen molar-refractivity contribution >= 4 is 6.09 Å². The highest BCUT2D eigenvalue weighted by Gasteiger charge is 2.48. The third-order valence-corrected chi connectivity index (χ3v) is 5.64. The molecule has 2 aliphatic heterocycles. The molecule has 2 saturated heterocycles. The average Bonchev–Trinajstić information content (AvgIpc) is 3.30. The lowest BCUT2D eigenvalue weighted by atomic mass is 9.77. The van der Waals surface area contributed by atoms with Crippen molar-refractivity contribution in [2.24, 2.45) is 11.8 Å². The number of alkyl carbamates (subject to hydrolysis) is 1. The highest BCUT2D eigenvalue weighted by atomic mass is 16.5. The zero-order valence-electron chi connectivity index (χ0n) is 15.9. The summed E-state index contributed by atoms with van der Waals surface area (Å²) in [7, 11) is 0. The molecule has 2 fully saturated rings. The summed E-state index contributed by atoms with van der Waals surface area (Å²) in [4.78, 5) is 12.0. The van der Waals surface area contributed by atoms with E-state index in [0.29, 0.717) is 31.1 Å². The van der Waals surface area contributed by atoms with Crippen molar-refractivity contribution in [3.63, 3.8) is 0 Å². The lowest BCUT2D eigenvalue weighted by Gasteiger charge is -2.27. The first kappa shape index (κ1) is 19.9. The second kappa shape index (κ2) is 10.5. The van der Waals surface area contributed by atoms with Crippen LogP contribution in [0.1, 0.15) is 44.1 Å². The van der Waals surface area contributed by atoms with E-state index in [0.717, 1.165) is 44.1 Å². The van der Waals surface area contributed by atoms with E-state index in [1.807, 2.05) is 30.3 Å². The van der Waals surface area contributed by atoms with E-state index in [-0.39, 0.29) is 18.8 Å². The van der Waals surface area contributed by atoms with Crippen LogP contribution in [-0.2, 0) is 16.1 Å². The maximum absolute atomic E-state index is 12.0. The van der Waals surface area contributed by atoms with Crippen molar-refractivity contribution in [3.05, 3.63) is 48.0 Å². The van der Waals surface area contributed by atoms with E-state index in [9.17, 15) is 4.79 Å². The summed E-state index contributed by atoms with van der Waals surface area (Å²) in [5.41, 5.74) is 0.986. The summed E-state index contributed by atoms with van der Waals surface area (Å²) in [5, 5.41) is 11.8. The minimum absolute atomic E-state index is 0.261. The van der Waals surface area contributed by atoms with Crippen LogP contribution in [0.5, 0.6) is 0 Å². The number of rotatable bonds is 10. The fraction of sp³-hybridized carbons (Fsp3) is 0.591. The van der Waals surface area contributed by atoms with Gasteiger partial charge in [0.1, 0.15) is 6.61 Å². The molecular weight excluding hydrogens is 342 g/mol. The number of allylic oxidation sites excluding steroid dienone is 2. The normalized spacial score (nSPS) is 26.6. The maximum Gasteiger partial charge on any atom is 0.407 e. The summed E-state index contributed by atoms with van der Waals surface area (Å²) < 4.78 is 11.4. The van der Waals surface area contributed by atoms with Crippen LogP contribution in [0.3, 0.4) is 0 Å². The van der Waals surface area contributed by atoms with Crippen molar-refractivity contribution in [1.82, 2.24) is 5.32 Å². The molecular formula is C22H31NO4. The first-order valence-corrected chi connectivity index (χ1v) is 10.1. The van der Waals surface area contributed by atoms with Gasteiger partial charge in [-0.3, -0.25) is 0 Å². The summed E-state index contributed by atoms with van der Waals surface area (Å²) in [6, 6.07) is 9.70. The maximum atomic E-state index is 12.0. The van der Waals surface area contributed by atoms with E-state index in [2.05, 4.69) is 17.5 Å². The van der Waals surface area contributed by atoms with Crippen LogP contribution in [0.4, 0.5) is 4.79 Å². The zero-order valence-corrected chi connectivity index (χ0v) is 15.9. The molecule has 27 heavy (non-hydrogen) atoms. The molecule has 0 aliphatic carbocycles. The van der Waals surface area contributed by atoms with Gasteiger partial charge in [0, 0.05) is 19.1 Å². The number of benzene rings is 1.